The van der Waals surface area contributed by atoms with Crippen LogP contribution in [0.5, 0.6) is 5.75 Å². The summed E-state index contributed by atoms with van der Waals surface area (Å²) in [6.07, 6.45) is 4.70. The van der Waals surface area contributed by atoms with Gasteiger partial charge < -0.3 is 20.7 Å². The molecule has 0 atom stereocenters. The van der Waals surface area contributed by atoms with Crippen molar-refractivity contribution in [2.45, 2.75) is 6.42 Å². The van der Waals surface area contributed by atoms with E-state index in [0.29, 0.717) is 16.9 Å². The molecule has 1 saturated heterocycles. The number of para-hydroxylation sites is 1. The van der Waals surface area contributed by atoms with Crippen molar-refractivity contribution in [2.75, 3.05) is 25.5 Å². The Hall–Kier alpha value is -3.61. The molecule has 1 aliphatic heterocycles. The van der Waals surface area contributed by atoms with Crippen molar-refractivity contribution < 1.29 is 9.53 Å². The summed E-state index contributed by atoms with van der Waals surface area (Å²) in [4.78, 5) is 22.6. The molecular weight excluding hydrogens is 354 g/mol. The van der Waals surface area contributed by atoms with Gasteiger partial charge in [-0.1, -0.05) is 18.2 Å². The Bertz CT molecular complexity index is 1060. The molecule has 1 amide bonds. The molecule has 7 heteroatoms. The molecule has 2 aromatic carbocycles. The Balaban J connectivity index is 1.78. The topological polar surface area (TPSA) is 93.4 Å². The van der Waals surface area contributed by atoms with Crippen LogP contribution in [0, 0.1) is 0 Å². The molecule has 142 valence electrons. The highest BCUT2D eigenvalue weighted by molar-refractivity contribution is 6.07. The lowest BCUT2D eigenvalue weighted by Crippen LogP contribution is -2.32. The van der Waals surface area contributed by atoms with E-state index in [4.69, 9.17) is 10.5 Å². The first-order chi connectivity index (χ1) is 13.7. The quantitative estimate of drug-likeness (QED) is 0.688. The van der Waals surface area contributed by atoms with Gasteiger partial charge >= 0.3 is 0 Å². The molecule has 3 N–H and O–H groups in total. The smallest absolute Gasteiger partial charge is 0.250 e. The number of nitrogens with one attached hydrogen (secondary N) is 1. The van der Waals surface area contributed by atoms with Crippen LogP contribution in [0.4, 0.5) is 5.82 Å². The van der Waals surface area contributed by atoms with E-state index in [-0.39, 0.29) is 0 Å². The predicted octanol–water partition coefficient (Wildman–Crippen LogP) is 2.85. The zero-order valence-corrected chi connectivity index (χ0v) is 15.6. The van der Waals surface area contributed by atoms with Gasteiger partial charge in [-0.05, 0) is 30.7 Å². The van der Waals surface area contributed by atoms with E-state index in [2.05, 4.69) is 26.4 Å². The van der Waals surface area contributed by atoms with E-state index in [0.717, 1.165) is 35.5 Å². The molecule has 0 spiro atoms. The maximum atomic E-state index is 11.7. The second-order valence-corrected chi connectivity index (χ2v) is 6.58. The van der Waals surface area contributed by atoms with E-state index < -0.39 is 5.91 Å². The van der Waals surface area contributed by atoms with Crippen LogP contribution < -0.4 is 15.8 Å². The molecule has 2 heterocycles. The highest BCUT2D eigenvalue weighted by atomic mass is 16.5. The van der Waals surface area contributed by atoms with Crippen LogP contribution in [0.25, 0.3) is 16.6 Å². The third-order valence-corrected chi connectivity index (χ3v) is 4.77. The number of carbonyl (C=O) groups excluding carboxylic acids is 1. The van der Waals surface area contributed by atoms with Gasteiger partial charge in [0.2, 0.25) is 0 Å². The summed E-state index contributed by atoms with van der Waals surface area (Å²) < 4.78 is 5.37. The normalized spacial score (nSPS) is 13.9. The predicted molar refractivity (Wildman–Crippen MR) is 109 cm³/mol. The maximum absolute atomic E-state index is 11.7. The number of hydrogen-bond donors (Lipinski definition) is 2. The molecule has 0 radical (unpaired) electrons. The number of anilines is 1. The third kappa shape index (κ3) is 3.46. The molecule has 0 unspecified atom stereocenters. The van der Waals surface area contributed by atoms with Crippen LogP contribution in [0.15, 0.2) is 55.0 Å². The van der Waals surface area contributed by atoms with Crippen molar-refractivity contribution in [1.29, 1.82) is 0 Å². The Morgan fingerprint density at radius 2 is 2.04 bits per heavy atom. The largest absolute Gasteiger partial charge is 0.497 e. The number of nitrogens with zero attached hydrogens (tertiary/aromatic N) is 3. The van der Waals surface area contributed by atoms with Crippen molar-refractivity contribution >= 4 is 28.3 Å². The lowest BCUT2D eigenvalue weighted by atomic mass is 10.1. The summed E-state index contributed by atoms with van der Waals surface area (Å²) in [5.74, 6) is 0.874. The van der Waals surface area contributed by atoms with E-state index in [9.17, 15) is 4.79 Å². The molecule has 0 saturated carbocycles. The van der Waals surface area contributed by atoms with Crippen LogP contribution in [0.2, 0.25) is 0 Å². The molecule has 1 aliphatic rings. The summed E-state index contributed by atoms with van der Waals surface area (Å²) in [6.45, 7) is 2.04. The Labute approximate surface area is 162 Å². The average Bonchev–Trinajstić information content (AvgIpc) is 2.69. The van der Waals surface area contributed by atoms with Crippen molar-refractivity contribution in [3.05, 3.63) is 66.1 Å². The van der Waals surface area contributed by atoms with Gasteiger partial charge in [-0.15, -0.1) is 0 Å². The van der Waals surface area contributed by atoms with Crippen LogP contribution in [-0.4, -0.2) is 41.0 Å². The van der Waals surface area contributed by atoms with Crippen molar-refractivity contribution in [1.82, 2.24) is 14.9 Å². The monoisotopic (exact) mass is 375 g/mol. The number of fused-ring (bicyclic) bond motifs is 1. The standard InChI is InChI=1S/C21H21N5O2/c1-28-15-6-2-5-14(11-15)18(12-26-9-4-10-26)25-21-17-8-3-7-16(20(22)27)19(17)23-13-24-21/h2-3,5-8,11-13H,4,9-10H2,1H3,(H2,22,27)(H,23,24,25)/b18-12+. The number of carbonyl (C=O) groups is 1. The minimum atomic E-state index is -0.514. The molecule has 0 bridgehead atoms. The van der Waals surface area contributed by atoms with Crippen LogP contribution in [0.1, 0.15) is 22.3 Å². The molecule has 0 aliphatic carbocycles. The summed E-state index contributed by atoms with van der Waals surface area (Å²) in [5.41, 5.74) is 8.26. The third-order valence-electron chi connectivity index (χ3n) is 4.77. The summed E-state index contributed by atoms with van der Waals surface area (Å²) >= 11 is 0. The molecule has 1 aromatic heterocycles. The number of nitrogens with two attached hydrogens (primary N) is 1. The lowest BCUT2D eigenvalue weighted by Gasteiger charge is -2.30. The van der Waals surface area contributed by atoms with Crippen LogP contribution in [0.3, 0.4) is 0 Å². The van der Waals surface area contributed by atoms with Crippen molar-refractivity contribution in [3.8, 4) is 5.75 Å². The van der Waals surface area contributed by atoms with E-state index >= 15 is 0 Å². The van der Waals surface area contributed by atoms with Crippen LogP contribution >= 0.6 is 0 Å². The van der Waals surface area contributed by atoms with Crippen LogP contribution in [-0.2, 0) is 0 Å². The summed E-state index contributed by atoms with van der Waals surface area (Å²) in [5, 5.41) is 4.15. The minimum Gasteiger partial charge on any atom is -0.497 e. The zero-order valence-electron chi connectivity index (χ0n) is 15.6. The number of hydrogen-bond acceptors (Lipinski definition) is 6. The summed E-state index contributed by atoms with van der Waals surface area (Å²) in [6, 6.07) is 13.2. The molecular formula is C21H21N5O2. The molecule has 3 aromatic rings. The van der Waals surface area contributed by atoms with Gasteiger partial charge in [-0.25, -0.2) is 9.97 Å². The van der Waals surface area contributed by atoms with E-state index in [1.165, 1.54) is 12.7 Å². The van der Waals surface area contributed by atoms with Crippen molar-refractivity contribution in [3.63, 3.8) is 0 Å². The average molecular weight is 375 g/mol. The summed E-state index contributed by atoms with van der Waals surface area (Å²) in [7, 11) is 1.65. The van der Waals surface area contributed by atoms with Gasteiger partial charge in [-0.3, -0.25) is 4.79 Å². The second-order valence-electron chi connectivity index (χ2n) is 6.58. The van der Waals surface area contributed by atoms with Gasteiger partial charge in [0.15, 0.2) is 0 Å². The molecule has 4 rings (SSSR count). The number of rotatable bonds is 6. The number of benzene rings is 2. The highest BCUT2D eigenvalue weighted by Gasteiger charge is 2.15. The fourth-order valence-corrected chi connectivity index (χ4v) is 3.14. The lowest BCUT2D eigenvalue weighted by molar-refractivity contribution is 0.100. The Morgan fingerprint density at radius 3 is 2.75 bits per heavy atom. The number of amides is 1. The number of methoxy groups -OCH3 is 1. The van der Waals surface area contributed by atoms with Gasteiger partial charge in [-0.2, -0.15) is 0 Å². The fourth-order valence-electron chi connectivity index (χ4n) is 3.14. The first-order valence-electron chi connectivity index (χ1n) is 9.06. The number of ether oxygens (including phenoxy) is 1. The van der Waals surface area contributed by atoms with Gasteiger partial charge in [0.25, 0.3) is 5.91 Å². The van der Waals surface area contributed by atoms with E-state index in [1.54, 1.807) is 19.2 Å². The fraction of sp³-hybridized carbons (Fsp3) is 0.190. The zero-order chi connectivity index (χ0) is 19.5. The van der Waals surface area contributed by atoms with Crippen molar-refractivity contribution in [2.24, 2.45) is 5.73 Å². The number of aromatic nitrogens is 2. The minimum absolute atomic E-state index is 0.373. The number of primary amides is 1. The molecule has 28 heavy (non-hydrogen) atoms. The van der Waals surface area contributed by atoms with E-state index in [1.807, 2.05) is 30.3 Å². The highest BCUT2D eigenvalue weighted by Crippen LogP contribution is 2.28. The second kappa shape index (κ2) is 7.56. The van der Waals surface area contributed by atoms with Gasteiger partial charge in [0.1, 0.15) is 17.9 Å². The SMILES string of the molecule is COc1cccc(/C(=C\N2CCC2)Nc2ncnc3c(C(N)=O)cccc23)c1. The molecule has 1 fully saturated rings. The maximum Gasteiger partial charge on any atom is 0.250 e. The Kier molecular flexibility index (Phi) is 4.80. The van der Waals surface area contributed by atoms with Gasteiger partial charge in [0.05, 0.1) is 23.9 Å². The van der Waals surface area contributed by atoms with Gasteiger partial charge in [0, 0.05) is 30.2 Å². The Morgan fingerprint density at radius 1 is 1.21 bits per heavy atom. The first-order valence-corrected chi connectivity index (χ1v) is 9.06. The molecule has 7 nitrogen and oxygen atoms in total. The number of likely N-dealkylation sites (tertiary alicyclic amines) is 1. The first kappa shape index (κ1) is 17.8.